The van der Waals surface area contributed by atoms with E-state index in [-0.39, 0.29) is 46.5 Å². The standard InChI is InChI=1S/2C18H24O3/c2*1-5-17(3)10-14(21-16(17)20)18(4)11(2)6-7-12-8-9-13(19)15(12)18/h2*5,11,14H,1,6-10H2,2-4H3/t2*11-,14-,17-,18+/m11/s1. The molecule has 0 saturated carbocycles. The van der Waals surface area contributed by atoms with Gasteiger partial charge in [0.1, 0.15) is 12.2 Å². The minimum absolute atomic E-state index is 0.200. The van der Waals surface area contributed by atoms with Crippen LogP contribution in [0.1, 0.15) is 106 Å². The van der Waals surface area contributed by atoms with Gasteiger partial charge in [0, 0.05) is 47.7 Å². The number of ether oxygens (including phenoxy) is 2. The van der Waals surface area contributed by atoms with Crippen molar-refractivity contribution in [2.75, 3.05) is 0 Å². The van der Waals surface area contributed by atoms with Crippen LogP contribution in [0.4, 0.5) is 0 Å². The van der Waals surface area contributed by atoms with Crippen molar-refractivity contribution in [2.24, 2.45) is 33.5 Å². The Bertz CT molecular complexity index is 1220. The highest BCUT2D eigenvalue weighted by molar-refractivity contribution is 6.01. The molecule has 6 aliphatic rings. The largest absolute Gasteiger partial charge is 0.461 e. The molecule has 0 N–H and O–H groups in total. The molecule has 2 aliphatic heterocycles. The van der Waals surface area contributed by atoms with Gasteiger partial charge in [-0.2, -0.15) is 0 Å². The van der Waals surface area contributed by atoms with Crippen LogP contribution in [-0.4, -0.2) is 35.7 Å². The lowest BCUT2D eigenvalue weighted by atomic mass is 9.60. The van der Waals surface area contributed by atoms with Crippen molar-refractivity contribution in [3.05, 3.63) is 47.6 Å². The molecule has 2 heterocycles. The summed E-state index contributed by atoms with van der Waals surface area (Å²) < 4.78 is 11.5. The molecule has 6 rings (SSSR count). The maximum absolute atomic E-state index is 12.4. The van der Waals surface area contributed by atoms with Gasteiger partial charge in [0.05, 0.1) is 10.8 Å². The molecule has 0 aromatic carbocycles. The SMILES string of the molecule is C=C[C@]1(C)C[C@H]([C@@]2(C)C3=C(CCC3=O)CC[C@H]2C)OC1=O.C=C[C@]1(C)C[C@H]([C@@]2(C)C3=C(CCC3=O)CC[C@H]2C)OC1=O. The summed E-state index contributed by atoms with van der Waals surface area (Å²) in [6.07, 6.45) is 11.5. The Morgan fingerprint density at radius 1 is 0.619 bits per heavy atom. The fourth-order valence-electron chi connectivity index (χ4n) is 8.67. The van der Waals surface area contributed by atoms with Gasteiger partial charge in [-0.15, -0.1) is 13.2 Å². The van der Waals surface area contributed by atoms with E-state index in [1.54, 1.807) is 12.2 Å². The third-order valence-electron chi connectivity index (χ3n) is 12.3. The van der Waals surface area contributed by atoms with Gasteiger partial charge in [-0.25, -0.2) is 0 Å². The summed E-state index contributed by atoms with van der Waals surface area (Å²) in [6, 6.07) is 0. The number of Topliss-reactive ketones (excluding diaryl/α,β-unsaturated/α-hetero) is 2. The van der Waals surface area contributed by atoms with E-state index in [0.717, 1.165) is 49.7 Å². The highest BCUT2D eigenvalue weighted by Gasteiger charge is 2.58. The van der Waals surface area contributed by atoms with E-state index in [0.29, 0.717) is 37.5 Å². The smallest absolute Gasteiger partial charge is 0.316 e. The predicted octanol–water partition coefficient (Wildman–Crippen LogP) is 7.18. The second-order valence-corrected chi connectivity index (χ2v) is 14.7. The molecule has 0 bridgehead atoms. The summed E-state index contributed by atoms with van der Waals surface area (Å²) in [5.74, 6) is 0.833. The van der Waals surface area contributed by atoms with Crippen LogP contribution >= 0.6 is 0 Å². The first kappa shape index (κ1) is 30.7. The van der Waals surface area contributed by atoms with Crippen molar-refractivity contribution in [3.8, 4) is 0 Å². The summed E-state index contributed by atoms with van der Waals surface area (Å²) in [5.41, 5.74) is 2.67. The number of ketones is 2. The second-order valence-electron chi connectivity index (χ2n) is 14.7. The molecule has 0 aromatic heterocycles. The lowest BCUT2D eigenvalue weighted by Crippen LogP contribution is -2.43. The summed E-state index contributed by atoms with van der Waals surface area (Å²) in [4.78, 5) is 49.3. The zero-order chi connectivity index (χ0) is 30.8. The molecule has 2 fully saturated rings. The third-order valence-corrected chi connectivity index (χ3v) is 12.3. The molecule has 42 heavy (non-hydrogen) atoms. The van der Waals surface area contributed by atoms with E-state index in [1.807, 2.05) is 13.8 Å². The lowest BCUT2D eigenvalue weighted by molar-refractivity contribution is -0.151. The van der Waals surface area contributed by atoms with E-state index in [9.17, 15) is 19.2 Å². The number of esters is 2. The van der Waals surface area contributed by atoms with Gasteiger partial charge in [0.2, 0.25) is 0 Å². The van der Waals surface area contributed by atoms with E-state index in [2.05, 4.69) is 40.9 Å². The zero-order valence-electron chi connectivity index (χ0n) is 26.4. The Morgan fingerprint density at radius 2 is 0.976 bits per heavy atom. The number of rotatable bonds is 4. The number of carbonyl (C=O) groups is 4. The quantitative estimate of drug-likeness (QED) is 0.260. The first-order valence-electron chi connectivity index (χ1n) is 15.9. The van der Waals surface area contributed by atoms with Crippen LogP contribution in [0, 0.1) is 33.5 Å². The van der Waals surface area contributed by atoms with Crippen LogP contribution in [0.2, 0.25) is 0 Å². The molecule has 6 heteroatoms. The van der Waals surface area contributed by atoms with Crippen LogP contribution in [0.5, 0.6) is 0 Å². The third kappa shape index (κ3) is 4.42. The average molecular weight is 577 g/mol. The van der Waals surface area contributed by atoms with Crippen molar-refractivity contribution < 1.29 is 28.7 Å². The molecular weight excluding hydrogens is 528 g/mol. The normalized spacial score (nSPS) is 43.0. The van der Waals surface area contributed by atoms with Crippen LogP contribution in [-0.2, 0) is 28.7 Å². The number of cyclic esters (lactones) is 2. The maximum Gasteiger partial charge on any atom is 0.316 e. The van der Waals surface area contributed by atoms with Gasteiger partial charge in [0.25, 0.3) is 0 Å². The minimum Gasteiger partial charge on any atom is -0.461 e. The highest BCUT2D eigenvalue weighted by Crippen LogP contribution is 2.57. The molecule has 0 aromatic rings. The van der Waals surface area contributed by atoms with Gasteiger partial charge in [-0.05, 0) is 64.2 Å². The van der Waals surface area contributed by atoms with Crippen molar-refractivity contribution in [2.45, 2.75) is 118 Å². The summed E-state index contributed by atoms with van der Waals surface area (Å²) in [5, 5.41) is 0. The van der Waals surface area contributed by atoms with Crippen LogP contribution in [0.3, 0.4) is 0 Å². The van der Waals surface area contributed by atoms with E-state index < -0.39 is 10.8 Å². The fourth-order valence-corrected chi connectivity index (χ4v) is 8.67. The number of hydrogen-bond acceptors (Lipinski definition) is 6. The van der Waals surface area contributed by atoms with Crippen molar-refractivity contribution in [3.63, 3.8) is 0 Å². The first-order chi connectivity index (χ1) is 19.7. The predicted molar refractivity (Wildman–Crippen MR) is 161 cm³/mol. The van der Waals surface area contributed by atoms with Gasteiger partial charge < -0.3 is 9.47 Å². The first-order valence-corrected chi connectivity index (χ1v) is 15.9. The molecule has 8 atom stereocenters. The Hall–Kier alpha value is -2.76. The Morgan fingerprint density at radius 3 is 1.29 bits per heavy atom. The monoisotopic (exact) mass is 576 g/mol. The lowest BCUT2D eigenvalue weighted by Gasteiger charge is -2.44. The van der Waals surface area contributed by atoms with Crippen LogP contribution in [0.25, 0.3) is 0 Å². The zero-order valence-corrected chi connectivity index (χ0v) is 26.4. The molecule has 0 unspecified atom stereocenters. The number of carbonyl (C=O) groups excluding carboxylic acids is 4. The molecular formula is C36H48O6. The molecule has 4 aliphatic carbocycles. The van der Waals surface area contributed by atoms with Gasteiger partial charge in [0.15, 0.2) is 11.6 Å². The number of hydrogen-bond donors (Lipinski definition) is 0. The van der Waals surface area contributed by atoms with Crippen molar-refractivity contribution >= 4 is 23.5 Å². The molecule has 228 valence electrons. The van der Waals surface area contributed by atoms with Gasteiger partial charge >= 0.3 is 11.9 Å². The van der Waals surface area contributed by atoms with Crippen molar-refractivity contribution in [1.82, 2.24) is 0 Å². The molecule has 2 saturated heterocycles. The van der Waals surface area contributed by atoms with E-state index in [1.165, 1.54) is 11.1 Å². The molecule has 0 spiro atoms. The Kier molecular flexibility index (Phi) is 7.64. The van der Waals surface area contributed by atoms with Gasteiger partial charge in [-0.3, -0.25) is 19.2 Å². The topological polar surface area (TPSA) is 86.7 Å². The van der Waals surface area contributed by atoms with E-state index in [4.69, 9.17) is 9.47 Å². The summed E-state index contributed by atoms with van der Waals surface area (Å²) in [6.45, 7) is 20.0. The Balaban J connectivity index is 0.000000168. The fraction of sp³-hybridized carbons (Fsp3) is 0.667. The second kappa shape index (κ2) is 10.4. The van der Waals surface area contributed by atoms with Crippen LogP contribution in [0.15, 0.2) is 47.6 Å². The molecule has 0 amide bonds. The Labute approximate surface area is 251 Å². The average Bonchev–Trinajstić information content (AvgIpc) is 3.70. The molecule has 0 radical (unpaired) electrons. The number of allylic oxidation sites excluding steroid dienone is 2. The maximum atomic E-state index is 12.4. The highest BCUT2D eigenvalue weighted by atomic mass is 16.6. The summed E-state index contributed by atoms with van der Waals surface area (Å²) in [7, 11) is 0. The summed E-state index contributed by atoms with van der Waals surface area (Å²) >= 11 is 0. The van der Waals surface area contributed by atoms with E-state index >= 15 is 0 Å². The van der Waals surface area contributed by atoms with Gasteiger partial charge in [-0.1, -0.05) is 51.0 Å². The van der Waals surface area contributed by atoms with Crippen molar-refractivity contribution in [1.29, 1.82) is 0 Å². The minimum atomic E-state index is -0.618. The van der Waals surface area contributed by atoms with Crippen LogP contribution < -0.4 is 0 Å². The molecule has 6 nitrogen and oxygen atoms in total.